The van der Waals surface area contributed by atoms with Gasteiger partial charge in [-0.25, -0.2) is 0 Å². The Morgan fingerprint density at radius 2 is 2.31 bits per heavy atom. The summed E-state index contributed by atoms with van der Waals surface area (Å²) in [5.74, 6) is 0.461. The Morgan fingerprint density at radius 3 is 2.81 bits per heavy atom. The summed E-state index contributed by atoms with van der Waals surface area (Å²) >= 11 is 0. The van der Waals surface area contributed by atoms with Gasteiger partial charge in [-0.15, -0.1) is 0 Å². The second-order valence-electron chi connectivity index (χ2n) is 3.46. The summed E-state index contributed by atoms with van der Waals surface area (Å²) in [7, 11) is 1.80. The van der Waals surface area contributed by atoms with Gasteiger partial charge < -0.3 is 11.1 Å². The number of nitrogens with one attached hydrogen (secondary N) is 2. The van der Waals surface area contributed by atoms with Gasteiger partial charge in [0.25, 0.3) is 5.91 Å². The van der Waals surface area contributed by atoms with Crippen LogP contribution in [0.4, 0.5) is 11.6 Å². The molecule has 1 amide bonds. The minimum absolute atomic E-state index is 0.280. The van der Waals surface area contributed by atoms with Crippen molar-refractivity contribution < 1.29 is 4.79 Å². The standard InChI is InChI=1S/C9H12N6O/c1-5-3-8(14-15(5)2)11-9(16)6-4-7(10)13-12-6/h3-4H,1-2H3,(H3,10,12,13)(H,11,14,16). The quantitative estimate of drug-likeness (QED) is 0.676. The van der Waals surface area contributed by atoms with E-state index in [1.54, 1.807) is 17.8 Å². The number of rotatable bonds is 2. The maximum absolute atomic E-state index is 11.7. The van der Waals surface area contributed by atoms with E-state index < -0.39 is 0 Å². The molecule has 0 spiro atoms. The van der Waals surface area contributed by atoms with Gasteiger partial charge in [0.2, 0.25) is 0 Å². The number of nitrogens with zero attached hydrogens (tertiary/aromatic N) is 3. The monoisotopic (exact) mass is 220 g/mol. The minimum Gasteiger partial charge on any atom is -0.382 e. The Labute approximate surface area is 91.6 Å². The number of hydrogen-bond donors (Lipinski definition) is 3. The van der Waals surface area contributed by atoms with Crippen molar-refractivity contribution in [3.05, 3.63) is 23.5 Å². The lowest BCUT2D eigenvalue weighted by Gasteiger charge is -1.97. The third kappa shape index (κ3) is 1.88. The predicted molar refractivity (Wildman–Crippen MR) is 58.9 cm³/mol. The highest BCUT2D eigenvalue weighted by Gasteiger charge is 2.10. The molecular formula is C9H12N6O. The molecule has 0 atom stereocenters. The molecule has 16 heavy (non-hydrogen) atoms. The number of anilines is 2. The van der Waals surface area contributed by atoms with E-state index in [4.69, 9.17) is 5.73 Å². The molecule has 2 aromatic rings. The molecule has 2 heterocycles. The van der Waals surface area contributed by atoms with Crippen molar-refractivity contribution in [2.24, 2.45) is 7.05 Å². The van der Waals surface area contributed by atoms with Crippen molar-refractivity contribution in [1.29, 1.82) is 0 Å². The molecule has 84 valence electrons. The van der Waals surface area contributed by atoms with E-state index in [-0.39, 0.29) is 11.7 Å². The van der Waals surface area contributed by atoms with Crippen molar-refractivity contribution in [1.82, 2.24) is 20.0 Å². The molecule has 0 radical (unpaired) electrons. The van der Waals surface area contributed by atoms with E-state index in [0.717, 1.165) is 5.69 Å². The molecule has 0 aliphatic carbocycles. The number of carbonyl (C=O) groups excluding carboxylic acids is 1. The van der Waals surface area contributed by atoms with Crippen LogP contribution in [-0.4, -0.2) is 25.9 Å². The topological polar surface area (TPSA) is 102 Å². The third-order valence-electron chi connectivity index (χ3n) is 2.20. The molecule has 7 nitrogen and oxygen atoms in total. The highest BCUT2D eigenvalue weighted by Crippen LogP contribution is 2.09. The van der Waals surface area contributed by atoms with Crippen LogP contribution in [0, 0.1) is 6.92 Å². The summed E-state index contributed by atoms with van der Waals surface area (Å²) in [6, 6.07) is 3.24. The molecule has 2 aromatic heterocycles. The summed E-state index contributed by atoms with van der Waals surface area (Å²) in [6.45, 7) is 1.90. The molecule has 0 fully saturated rings. The highest BCUT2D eigenvalue weighted by molar-refractivity contribution is 6.02. The van der Waals surface area contributed by atoms with Crippen LogP contribution in [0.5, 0.6) is 0 Å². The Bertz CT molecular complexity index is 506. The zero-order chi connectivity index (χ0) is 11.7. The van der Waals surface area contributed by atoms with Gasteiger partial charge in [-0.1, -0.05) is 0 Å². The molecule has 0 bridgehead atoms. The molecule has 0 saturated carbocycles. The van der Waals surface area contributed by atoms with Crippen molar-refractivity contribution in [2.75, 3.05) is 11.1 Å². The van der Waals surface area contributed by atoms with Crippen molar-refractivity contribution in [3.63, 3.8) is 0 Å². The first kappa shape index (κ1) is 10.2. The first-order chi connectivity index (χ1) is 7.56. The molecular weight excluding hydrogens is 208 g/mol. The Hall–Kier alpha value is -2.31. The number of amides is 1. The van der Waals surface area contributed by atoms with Crippen molar-refractivity contribution >= 4 is 17.5 Å². The Balaban J connectivity index is 2.13. The number of aromatic amines is 1. The van der Waals surface area contributed by atoms with E-state index >= 15 is 0 Å². The molecule has 7 heteroatoms. The van der Waals surface area contributed by atoms with Crippen molar-refractivity contribution in [2.45, 2.75) is 6.92 Å². The zero-order valence-corrected chi connectivity index (χ0v) is 8.98. The molecule has 0 aromatic carbocycles. The van der Waals surface area contributed by atoms with E-state index in [2.05, 4.69) is 20.6 Å². The fourth-order valence-corrected chi connectivity index (χ4v) is 1.26. The summed E-state index contributed by atoms with van der Waals surface area (Å²) in [6.07, 6.45) is 0. The molecule has 2 rings (SSSR count). The van der Waals surface area contributed by atoms with Crippen LogP contribution < -0.4 is 11.1 Å². The minimum atomic E-state index is -0.317. The van der Waals surface area contributed by atoms with Gasteiger partial charge >= 0.3 is 0 Å². The van der Waals surface area contributed by atoms with E-state index in [0.29, 0.717) is 11.5 Å². The number of H-pyrrole nitrogens is 1. The second-order valence-corrected chi connectivity index (χ2v) is 3.46. The average molecular weight is 220 g/mol. The fourth-order valence-electron chi connectivity index (χ4n) is 1.26. The number of carbonyl (C=O) groups is 1. The number of aryl methyl sites for hydroxylation is 2. The van der Waals surface area contributed by atoms with Crippen molar-refractivity contribution in [3.8, 4) is 0 Å². The number of nitrogen functional groups attached to an aromatic ring is 1. The lowest BCUT2D eigenvalue weighted by atomic mass is 10.4. The SMILES string of the molecule is Cc1cc(NC(=O)c2cc(N)n[nH]2)nn1C. The van der Waals surface area contributed by atoms with Crippen LogP contribution in [0.15, 0.2) is 12.1 Å². The highest BCUT2D eigenvalue weighted by atomic mass is 16.2. The maximum atomic E-state index is 11.7. The lowest BCUT2D eigenvalue weighted by Crippen LogP contribution is -2.13. The fraction of sp³-hybridized carbons (Fsp3) is 0.222. The Morgan fingerprint density at radius 1 is 1.56 bits per heavy atom. The number of hydrogen-bond acceptors (Lipinski definition) is 4. The van der Waals surface area contributed by atoms with Gasteiger partial charge in [0, 0.05) is 24.9 Å². The largest absolute Gasteiger partial charge is 0.382 e. The van der Waals surface area contributed by atoms with E-state index in [9.17, 15) is 4.79 Å². The van der Waals surface area contributed by atoms with E-state index in [1.165, 1.54) is 6.07 Å². The molecule has 4 N–H and O–H groups in total. The van der Waals surface area contributed by atoms with Crippen LogP contribution >= 0.6 is 0 Å². The number of nitrogens with two attached hydrogens (primary N) is 1. The van der Waals surface area contributed by atoms with Crippen LogP contribution in [0.25, 0.3) is 0 Å². The Kier molecular flexibility index (Phi) is 2.35. The normalized spacial score (nSPS) is 10.4. The lowest BCUT2D eigenvalue weighted by molar-refractivity contribution is 0.102. The van der Waals surface area contributed by atoms with Gasteiger partial charge in [-0.05, 0) is 6.92 Å². The van der Waals surface area contributed by atoms with Gasteiger partial charge in [-0.2, -0.15) is 10.2 Å². The van der Waals surface area contributed by atoms with E-state index in [1.807, 2.05) is 6.92 Å². The maximum Gasteiger partial charge on any atom is 0.274 e. The van der Waals surface area contributed by atoms with Gasteiger partial charge in [0.05, 0.1) is 0 Å². The first-order valence-electron chi connectivity index (χ1n) is 4.69. The molecule has 0 unspecified atom stereocenters. The van der Waals surface area contributed by atoms with Crippen LogP contribution in [0.2, 0.25) is 0 Å². The average Bonchev–Trinajstić information content (AvgIpc) is 2.75. The first-order valence-corrected chi connectivity index (χ1v) is 4.69. The second kappa shape index (κ2) is 3.69. The third-order valence-corrected chi connectivity index (χ3v) is 2.20. The summed E-state index contributed by atoms with van der Waals surface area (Å²) < 4.78 is 1.68. The van der Waals surface area contributed by atoms with Crippen LogP contribution in [-0.2, 0) is 7.05 Å². The van der Waals surface area contributed by atoms with Crippen LogP contribution in [0.1, 0.15) is 16.2 Å². The molecule has 0 saturated heterocycles. The van der Waals surface area contributed by atoms with Gasteiger partial charge in [0.15, 0.2) is 5.82 Å². The summed E-state index contributed by atoms with van der Waals surface area (Å²) in [5, 5.41) is 12.9. The zero-order valence-electron chi connectivity index (χ0n) is 8.98. The summed E-state index contributed by atoms with van der Waals surface area (Å²) in [5.41, 5.74) is 6.66. The number of aromatic nitrogens is 4. The smallest absolute Gasteiger partial charge is 0.274 e. The summed E-state index contributed by atoms with van der Waals surface area (Å²) in [4.78, 5) is 11.7. The molecule has 0 aliphatic heterocycles. The van der Waals surface area contributed by atoms with Gasteiger partial charge in [0.1, 0.15) is 11.5 Å². The predicted octanol–water partition coefficient (Wildman–Crippen LogP) is 0.286. The van der Waals surface area contributed by atoms with Gasteiger partial charge in [-0.3, -0.25) is 14.6 Å². The molecule has 0 aliphatic rings. The van der Waals surface area contributed by atoms with Crippen LogP contribution in [0.3, 0.4) is 0 Å².